The molecule has 2 rings (SSSR count). The first-order valence-electron chi connectivity index (χ1n) is 5.46. The van der Waals surface area contributed by atoms with Crippen molar-refractivity contribution in [3.05, 3.63) is 28.8 Å². The maximum atomic E-state index is 11.8. The van der Waals surface area contributed by atoms with Crippen molar-refractivity contribution in [1.29, 1.82) is 0 Å². The molecule has 4 nitrogen and oxygen atoms in total. The highest BCUT2D eigenvalue weighted by atomic mass is 35.5. The summed E-state index contributed by atoms with van der Waals surface area (Å²) in [6, 6.07) is 4.81. The molecule has 0 spiro atoms. The zero-order chi connectivity index (χ0) is 13.3. The maximum Gasteiger partial charge on any atom is 0.233 e. The van der Waals surface area contributed by atoms with E-state index in [2.05, 4.69) is 0 Å². The Kier molecular flexibility index (Phi) is 3.63. The molecule has 1 aromatic rings. The molecular formula is C12H11ClN2O2S. The highest BCUT2D eigenvalue weighted by Gasteiger charge is 2.28. The average Bonchev–Trinajstić information content (AvgIpc) is 2.30. The van der Waals surface area contributed by atoms with Crippen LogP contribution in [0.5, 0.6) is 0 Å². The monoisotopic (exact) mass is 282 g/mol. The van der Waals surface area contributed by atoms with E-state index in [4.69, 9.17) is 29.6 Å². The summed E-state index contributed by atoms with van der Waals surface area (Å²) in [5.41, 5.74) is 6.49. The van der Waals surface area contributed by atoms with Crippen molar-refractivity contribution >= 4 is 46.3 Å². The molecule has 2 amide bonds. The third kappa shape index (κ3) is 2.37. The topological polar surface area (TPSA) is 63.4 Å². The normalized spacial score (nSPS) is 15.9. The molecule has 1 fully saturated rings. The lowest BCUT2D eigenvalue weighted by atomic mass is 10.1. The Morgan fingerprint density at radius 2 is 1.89 bits per heavy atom. The van der Waals surface area contributed by atoms with Crippen LogP contribution in [0.4, 0.5) is 5.69 Å². The molecule has 0 aromatic heterocycles. The quantitative estimate of drug-likeness (QED) is 0.666. The predicted octanol–water partition coefficient (Wildman–Crippen LogP) is 2.02. The molecule has 0 radical (unpaired) electrons. The SMILES string of the molecule is NC(=S)c1ccc(N2C(=O)CCCC2=O)c(Cl)c1. The lowest BCUT2D eigenvalue weighted by Gasteiger charge is -2.25. The van der Waals surface area contributed by atoms with Crippen LogP contribution in [-0.4, -0.2) is 16.8 Å². The molecular weight excluding hydrogens is 272 g/mol. The van der Waals surface area contributed by atoms with E-state index >= 15 is 0 Å². The van der Waals surface area contributed by atoms with Crippen LogP contribution in [0.1, 0.15) is 24.8 Å². The Bertz CT molecular complexity index is 529. The number of nitrogens with two attached hydrogens (primary N) is 1. The van der Waals surface area contributed by atoms with Crippen LogP contribution in [0.3, 0.4) is 0 Å². The Hall–Kier alpha value is -1.46. The fourth-order valence-electron chi connectivity index (χ4n) is 1.86. The number of halogens is 1. The number of imide groups is 1. The van der Waals surface area contributed by atoms with Crippen molar-refractivity contribution in [3.8, 4) is 0 Å². The zero-order valence-corrected chi connectivity index (χ0v) is 11.1. The summed E-state index contributed by atoms with van der Waals surface area (Å²) in [5, 5.41) is 0.295. The van der Waals surface area contributed by atoms with Crippen LogP contribution in [-0.2, 0) is 9.59 Å². The molecule has 2 N–H and O–H groups in total. The van der Waals surface area contributed by atoms with Gasteiger partial charge < -0.3 is 5.73 Å². The van der Waals surface area contributed by atoms with Gasteiger partial charge in [-0.05, 0) is 24.6 Å². The van der Waals surface area contributed by atoms with Gasteiger partial charge in [-0.3, -0.25) is 9.59 Å². The van der Waals surface area contributed by atoms with E-state index in [1.54, 1.807) is 18.2 Å². The second-order valence-electron chi connectivity index (χ2n) is 4.01. The predicted molar refractivity (Wildman–Crippen MR) is 73.7 cm³/mol. The fourth-order valence-corrected chi connectivity index (χ4v) is 2.26. The molecule has 0 atom stereocenters. The number of hydrogen-bond acceptors (Lipinski definition) is 3. The number of piperidine rings is 1. The molecule has 0 aliphatic carbocycles. The number of rotatable bonds is 2. The van der Waals surface area contributed by atoms with Gasteiger partial charge in [0, 0.05) is 18.4 Å². The summed E-state index contributed by atoms with van der Waals surface area (Å²) < 4.78 is 0. The Labute approximate surface area is 115 Å². The molecule has 1 aromatic carbocycles. The first-order valence-corrected chi connectivity index (χ1v) is 6.24. The Morgan fingerprint density at radius 3 is 2.39 bits per heavy atom. The third-order valence-electron chi connectivity index (χ3n) is 2.75. The number of carbonyl (C=O) groups is 2. The molecule has 1 heterocycles. The van der Waals surface area contributed by atoms with Gasteiger partial charge in [-0.15, -0.1) is 0 Å². The molecule has 1 aliphatic rings. The molecule has 0 saturated carbocycles. The highest BCUT2D eigenvalue weighted by molar-refractivity contribution is 7.80. The van der Waals surface area contributed by atoms with Crippen LogP contribution in [0.25, 0.3) is 0 Å². The van der Waals surface area contributed by atoms with Crippen LogP contribution in [0, 0.1) is 0 Å². The van der Waals surface area contributed by atoms with Gasteiger partial charge in [-0.2, -0.15) is 0 Å². The summed E-state index contributed by atoms with van der Waals surface area (Å²) in [6.45, 7) is 0. The van der Waals surface area contributed by atoms with E-state index < -0.39 is 0 Å². The summed E-state index contributed by atoms with van der Waals surface area (Å²) >= 11 is 10.9. The Balaban J connectivity index is 2.41. The zero-order valence-electron chi connectivity index (χ0n) is 9.48. The van der Waals surface area contributed by atoms with Gasteiger partial charge >= 0.3 is 0 Å². The Morgan fingerprint density at radius 1 is 1.28 bits per heavy atom. The van der Waals surface area contributed by atoms with E-state index in [-0.39, 0.29) is 16.8 Å². The largest absolute Gasteiger partial charge is 0.389 e. The van der Waals surface area contributed by atoms with Gasteiger partial charge in [-0.25, -0.2) is 4.90 Å². The van der Waals surface area contributed by atoms with Crippen LogP contribution in [0.2, 0.25) is 5.02 Å². The summed E-state index contributed by atoms with van der Waals surface area (Å²) in [7, 11) is 0. The van der Waals surface area contributed by atoms with E-state index in [1.165, 1.54) is 0 Å². The van der Waals surface area contributed by atoms with Crippen molar-refractivity contribution in [3.63, 3.8) is 0 Å². The molecule has 0 bridgehead atoms. The molecule has 6 heteroatoms. The maximum absolute atomic E-state index is 11.8. The van der Waals surface area contributed by atoms with Crippen molar-refractivity contribution in [2.24, 2.45) is 5.73 Å². The van der Waals surface area contributed by atoms with Gasteiger partial charge in [0.2, 0.25) is 11.8 Å². The van der Waals surface area contributed by atoms with Gasteiger partial charge in [0.1, 0.15) is 4.99 Å². The van der Waals surface area contributed by atoms with Gasteiger partial charge in [0.05, 0.1) is 10.7 Å². The second-order valence-corrected chi connectivity index (χ2v) is 4.85. The smallest absolute Gasteiger partial charge is 0.233 e. The molecule has 94 valence electrons. The lowest BCUT2D eigenvalue weighted by Crippen LogP contribution is -2.40. The molecule has 18 heavy (non-hydrogen) atoms. The molecule has 0 unspecified atom stereocenters. The number of anilines is 1. The summed E-state index contributed by atoms with van der Waals surface area (Å²) in [4.78, 5) is 24.9. The molecule has 1 aliphatic heterocycles. The standard InChI is InChI=1S/C12H11ClN2O2S/c13-8-6-7(12(14)18)4-5-9(8)15-10(16)2-1-3-11(15)17/h4-6H,1-3H2,(H2,14,18). The van der Waals surface area contributed by atoms with E-state index in [0.717, 1.165) is 4.90 Å². The number of hydrogen-bond donors (Lipinski definition) is 1. The van der Waals surface area contributed by atoms with E-state index in [0.29, 0.717) is 35.5 Å². The second kappa shape index (κ2) is 5.04. The number of amides is 2. The van der Waals surface area contributed by atoms with Crippen molar-refractivity contribution < 1.29 is 9.59 Å². The van der Waals surface area contributed by atoms with Gasteiger partial charge in [0.15, 0.2) is 0 Å². The van der Waals surface area contributed by atoms with Crippen molar-refractivity contribution in [2.75, 3.05) is 4.90 Å². The minimum absolute atomic E-state index is 0.222. The first kappa shape index (κ1) is 13.0. The van der Waals surface area contributed by atoms with Crippen LogP contribution < -0.4 is 10.6 Å². The minimum atomic E-state index is -0.226. The van der Waals surface area contributed by atoms with Crippen LogP contribution in [0.15, 0.2) is 18.2 Å². The van der Waals surface area contributed by atoms with Crippen molar-refractivity contribution in [2.45, 2.75) is 19.3 Å². The molecule has 1 saturated heterocycles. The van der Waals surface area contributed by atoms with Crippen molar-refractivity contribution in [1.82, 2.24) is 0 Å². The minimum Gasteiger partial charge on any atom is -0.389 e. The third-order valence-corrected chi connectivity index (χ3v) is 3.29. The first-order chi connectivity index (χ1) is 8.50. The van der Waals surface area contributed by atoms with Gasteiger partial charge in [-0.1, -0.05) is 23.8 Å². The average molecular weight is 283 g/mol. The number of thiocarbonyl (C=S) groups is 1. The fraction of sp³-hybridized carbons (Fsp3) is 0.250. The number of benzene rings is 1. The lowest BCUT2D eigenvalue weighted by molar-refractivity contribution is -0.129. The number of carbonyl (C=O) groups excluding carboxylic acids is 2. The van der Waals surface area contributed by atoms with Crippen LogP contribution >= 0.6 is 23.8 Å². The number of nitrogens with zero attached hydrogens (tertiary/aromatic N) is 1. The van der Waals surface area contributed by atoms with E-state index in [1.807, 2.05) is 0 Å². The van der Waals surface area contributed by atoms with E-state index in [9.17, 15) is 9.59 Å². The highest BCUT2D eigenvalue weighted by Crippen LogP contribution is 2.30. The summed E-state index contributed by atoms with van der Waals surface area (Å²) in [6.07, 6.45) is 1.31. The summed E-state index contributed by atoms with van der Waals surface area (Å²) in [5.74, 6) is -0.451. The van der Waals surface area contributed by atoms with Gasteiger partial charge in [0.25, 0.3) is 0 Å².